The highest BCUT2D eigenvalue weighted by molar-refractivity contribution is 8.00. The Kier molecular flexibility index (Phi) is 27.0. The lowest BCUT2D eigenvalue weighted by molar-refractivity contribution is -0.140. The molecule has 0 aromatic carbocycles. The molecule has 206 valence electrons. The predicted molar refractivity (Wildman–Crippen MR) is 144 cm³/mol. The van der Waals surface area contributed by atoms with E-state index in [0.29, 0.717) is 25.9 Å². The maximum absolute atomic E-state index is 12.4. The molecular formula is C24H49N5O5S. The van der Waals surface area contributed by atoms with E-state index in [4.69, 9.17) is 0 Å². The molecule has 0 radical (unpaired) electrons. The van der Waals surface area contributed by atoms with Crippen LogP contribution in [-0.4, -0.2) is 85.6 Å². The standard InChI is InChI=1S/C19H32N4O5S.2C2H6.CH5N/c1-13(24)11-14(18(27)21-9-8-20-2)23(3)17(26)7-5-4-6-10-29-15-12-16(25)22-19(15)28;3*1-2/h14-15,20H,4-12H2,1-3H3,(H,21,27)(H,22,25,28);2*1-2H3;2H2,1H3/t14-,15?;;;/m0.../s1. The fourth-order valence-electron chi connectivity index (χ4n) is 2.90. The molecule has 1 saturated heterocycles. The van der Waals surface area contributed by atoms with Crippen LogP contribution in [0.5, 0.6) is 0 Å². The predicted octanol–water partition coefficient (Wildman–Crippen LogP) is 1.46. The third kappa shape index (κ3) is 18.0. The zero-order valence-corrected chi connectivity index (χ0v) is 23.8. The van der Waals surface area contributed by atoms with E-state index in [1.807, 2.05) is 27.7 Å². The molecule has 1 rings (SSSR count). The first kappa shape index (κ1) is 37.6. The number of amides is 4. The van der Waals surface area contributed by atoms with Gasteiger partial charge in [-0.2, -0.15) is 0 Å². The molecule has 1 aliphatic rings. The van der Waals surface area contributed by atoms with E-state index in [0.717, 1.165) is 18.6 Å². The van der Waals surface area contributed by atoms with Gasteiger partial charge in [0.1, 0.15) is 11.8 Å². The summed E-state index contributed by atoms with van der Waals surface area (Å²) in [7, 11) is 4.83. The minimum absolute atomic E-state index is 0.00750. The molecule has 1 fully saturated rings. The molecule has 35 heavy (non-hydrogen) atoms. The number of likely N-dealkylation sites (N-methyl/N-ethyl adjacent to an activating group) is 2. The van der Waals surface area contributed by atoms with Gasteiger partial charge >= 0.3 is 0 Å². The number of nitrogens with zero attached hydrogens (tertiary/aromatic N) is 1. The quantitative estimate of drug-likeness (QED) is 0.199. The molecule has 10 nitrogen and oxygen atoms in total. The highest BCUT2D eigenvalue weighted by Crippen LogP contribution is 2.21. The van der Waals surface area contributed by atoms with Crippen LogP contribution in [0.25, 0.3) is 0 Å². The maximum atomic E-state index is 12.4. The zero-order chi connectivity index (χ0) is 27.8. The first-order valence-electron chi connectivity index (χ1n) is 12.5. The number of carbonyl (C=O) groups excluding carboxylic acids is 5. The molecule has 1 heterocycles. The first-order valence-corrected chi connectivity index (χ1v) is 13.5. The van der Waals surface area contributed by atoms with Crippen LogP contribution in [0.3, 0.4) is 0 Å². The Bertz CT molecular complexity index is 619. The number of nitrogens with two attached hydrogens (primary N) is 1. The summed E-state index contributed by atoms with van der Waals surface area (Å²) in [6.07, 6.45) is 2.82. The van der Waals surface area contributed by atoms with Crippen molar-refractivity contribution in [2.45, 2.75) is 84.4 Å². The van der Waals surface area contributed by atoms with Crippen LogP contribution in [-0.2, 0) is 24.0 Å². The second-order valence-corrected chi connectivity index (χ2v) is 8.42. The molecular weight excluding hydrogens is 470 g/mol. The van der Waals surface area contributed by atoms with Crippen molar-refractivity contribution in [3.8, 4) is 0 Å². The van der Waals surface area contributed by atoms with E-state index in [1.54, 1.807) is 14.1 Å². The van der Waals surface area contributed by atoms with Crippen LogP contribution >= 0.6 is 11.8 Å². The van der Waals surface area contributed by atoms with Gasteiger partial charge in [-0.25, -0.2) is 0 Å². The smallest absolute Gasteiger partial charge is 0.243 e. The number of Topliss-reactive ketones (excluding diaryl/α,β-unsaturated/α-hetero) is 1. The molecule has 1 unspecified atom stereocenters. The topological polar surface area (TPSA) is 151 Å². The number of thioether (sulfide) groups is 1. The largest absolute Gasteiger partial charge is 0.353 e. The van der Waals surface area contributed by atoms with Crippen molar-refractivity contribution >= 4 is 41.2 Å². The van der Waals surface area contributed by atoms with Crippen molar-refractivity contribution in [1.29, 1.82) is 0 Å². The molecule has 0 aliphatic carbocycles. The minimum atomic E-state index is -0.800. The fourth-order valence-corrected chi connectivity index (χ4v) is 4.04. The Hall–Kier alpha value is -1.98. The van der Waals surface area contributed by atoms with E-state index < -0.39 is 6.04 Å². The van der Waals surface area contributed by atoms with Gasteiger partial charge < -0.3 is 21.3 Å². The molecule has 11 heteroatoms. The lowest BCUT2D eigenvalue weighted by Gasteiger charge is -2.27. The highest BCUT2D eigenvalue weighted by Gasteiger charge is 2.30. The van der Waals surface area contributed by atoms with Crippen molar-refractivity contribution in [2.24, 2.45) is 5.73 Å². The van der Waals surface area contributed by atoms with Gasteiger partial charge in [-0.1, -0.05) is 34.1 Å². The number of carbonyl (C=O) groups is 5. The molecule has 5 N–H and O–H groups in total. The van der Waals surface area contributed by atoms with E-state index in [-0.39, 0.29) is 47.5 Å². The van der Waals surface area contributed by atoms with E-state index in [9.17, 15) is 24.0 Å². The van der Waals surface area contributed by atoms with Crippen LogP contribution < -0.4 is 21.7 Å². The summed E-state index contributed by atoms with van der Waals surface area (Å²) in [6, 6.07) is -0.800. The number of unbranched alkanes of at least 4 members (excludes halogenated alkanes) is 2. The average Bonchev–Trinajstić information content (AvgIpc) is 3.19. The van der Waals surface area contributed by atoms with Gasteiger partial charge in [0.2, 0.25) is 23.6 Å². The second kappa shape index (κ2) is 25.1. The minimum Gasteiger partial charge on any atom is -0.353 e. The van der Waals surface area contributed by atoms with Gasteiger partial charge in [0.15, 0.2) is 0 Å². The number of hydrogen-bond donors (Lipinski definition) is 4. The van der Waals surface area contributed by atoms with Crippen molar-refractivity contribution in [3.63, 3.8) is 0 Å². The number of hydrogen-bond acceptors (Lipinski definition) is 8. The molecule has 0 spiro atoms. The van der Waals surface area contributed by atoms with Crippen molar-refractivity contribution in [2.75, 3.05) is 40.0 Å². The number of ketones is 1. The van der Waals surface area contributed by atoms with Gasteiger partial charge in [0, 0.05) is 39.4 Å². The molecule has 4 amide bonds. The Morgan fingerprint density at radius 1 is 1.09 bits per heavy atom. The van der Waals surface area contributed by atoms with Crippen LogP contribution in [0.4, 0.5) is 0 Å². The second-order valence-electron chi connectivity index (χ2n) is 7.11. The average molecular weight is 520 g/mol. The number of nitrogens with one attached hydrogen (secondary N) is 3. The van der Waals surface area contributed by atoms with E-state index in [1.165, 1.54) is 30.6 Å². The lowest BCUT2D eigenvalue weighted by Crippen LogP contribution is -2.49. The molecule has 0 bridgehead atoms. The van der Waals surface area contributed by atoms with E-state index in [2.05, 4.69) is 21.7 Å². The van der Waals surface area contributed by atoms with Gasteiger partial charge in [-0.15, -0.1) is 11.8 Å². The molecule has 2 atom stereocenters. The van der Waals surface area contributed by atoms with Gasteiger partial charge in [-0.05, 0) is 39.6 Å². The third-order valence-electron chi connectivity index (χ3n) is 4.60. The summed E-state index contributed by atoms with van der Waals surface area (Å²) < 4.78 is 0. The van der Waals surface area contributed by atoms with Gasteiger partial charge in [0.05, 0.1) is 5.25 Å². The molecule has 1 aliphatic heterocycles. The summed E-state index contributed by atoms with van der Waals surface area (Å²) in [5, 5.41) is 7.64. The van der Waals surface area contributed by atoms with Crippen LogP contribution in [0.2, 0.25) is 0 Å². The third-order valence-corrected chi connectivity index (χ3v) is 5.91. The highest BCUT2D eigenvalue weighted by atomic mass is 32.2. The SMILES string of the molecule is CC.CC.CN.CNCCNC(=O)[C@H](CC(C)=O)N(C)C(=O)CCCCCSC1CC(=O)NC1=O. The van der Waals surface area contributed by atoms with Crippen LogP contribution in [0.1, 0.15) is 73.1 Å². The molecule has 0 saturated carbocycles. The van der Waals surface area contributed by atoms with Gasteiger partial charge in [-0.3, -0.25) is 29.3 Å². The fraction of sp³-hybridized carbons (Fsp3) is 0.792. The summed E-state index contributed by atoms with van der Waals surface area (Å²) in [5.74, 6) is -0.348. The lowest BCUT2D eigenvalue weighted by atomic mass is 10.1. The summed E-state index contributed by atoms with van der Waals surface area (Å²) in [5.41, 5.74) is 4.50. The Morgan fingerprint density at radius 2 is 1.69 bits per heavy atom. The van der Waals surface area contributed by atoms with Crippen molar-refractivity contribution in [3.05, 3.63) is 0 Å². The Labute approximate surface area is 216 Å². The maximum Gasteiger partial charge on any atom is 0.243 e. The van der Waals surface area contributed by atoms with E-state index >= 15 is 0 Å². The zero-order valence-electron chi connectivity index (χ0n) is 23.0. The number of rotatable bonds is 14. The summed E-state index contributed by atoms with van der Waals surface area (Å²) in [6.45, 7) is 10.4. The van der Waals surface area contributed by atoms with Crippen LogP contribution in [0.15, 0.2) is 0 Å². The first-order chi connectivity index (χ1) is 16.8. The monoisotopic (exact) mass is 519 g/mol. The Balaban J connectivity index is -0.00000158. The summed E-state index contributed by atoms with van der Waals surface area (Å²) >= 11 is 1.46. The van der Waals surface area contributed by atoms with Crippen molar-refractivity contribution < 1.29 is 24.0 Å². The Morgan fingerprint density at radius 3 is 2.17 bits per heavy atom. The summed E-state index contributed by atoms with van der Waals surface area (Å²) in [4.78, 5) is 60.3. The van der Waals surface area contributed by atoms with Crippen molar-refractivity contribution in [1.82, 2.24) is 20.9 Å². The molecule has 0 aromatic heterocycles. The number of imide groups is 1. The molecule has 0 aromatic rings. The van der Waals surface area contributed by atoms with Crippen LogP contribution in [0, 0.1) is 0 Å². The van der Waals surface area contributed by atoms with Gasteiger partial charge in [0.25, 0.3) is 0 Å². The normalized spacial score (nSPS) is 14.6.